The number of nitrogens with two attached hydrogens (primary N) is 1. The van der Waals surface area contributed by atoms with Crippen molar-refractivity contribution in [3.8, 4) is 0 Å². The average molecular weight is 282 g/mol. The molecule has 0 saturated carbocycles. The van der Waals surface area contributed by atoms with Crippen LogP contribution in [-0.2, 0) is 9.84 Å². The van der Waals surface area contributed by atoms with Gasteiger partial charge in [0.2, 0.25) is 0 Å². The summed E-state index contributed by atoms with van der Waals surface area (Å²) in [4.78, 5) is 5.27. The van der Waals surface area contributed by atoms with Crippen LogP contribution in [0.15, 0.2) is 35.4 Å². The van der Waals surface area contributed by atoms with Crippen molar-refractivity contribution in [1.29, 1.82) is 0 Å². The first kappa shape index (κ1) is 13.2. The van der Waals surface area contributed by atoms with Crippen LogP contribution in [0, 0.1) is 0 Å². The SMILES string of the molecule is CS(=O)(=O)CCSc1ccc(N)c2cccnc12. The number of pyridine rings is 1. The quantitative estimate of drug-likeness (QED) is 0.685. The number of hydrogen-bond donors (Lipinski definition) is 1. The molecule has 6 heteroatoms. The lowest BCUT2D eigenvalue weighted by Crippen LogP contribution is -2.05. The van der Waals surface area contributed by atoms with Gasteiger partial charge in [-0.3, -0.25) is 4.98 Å². The van der Waals surface area contributed by atoms with E-state index in [9.17, 15) is 8.42 Å². The minimum absolute atomic E-state index is 0.163. The van der Waals surface area contributed by atoms with Crippen molar-refractivity contribution in [1.82, 2.24) is 4.98 Å². The largest absolute Gasteiger partial charge is 0.398 e. The topological polar surface area (TPSA) is 73.0 Å². The molecule has 0 atom stereocenters. The molecule has 2 N–H and O–H groups in total. The Morgan fingerprint density at radius 2 is 2.11 bits per heavy atom. The fourth-order valence-corrected chi connectivity index (χ4v) is 3.82. The molecule has 0 aliphatic rings. The predicted octanol–water partition coefficient (Wildman–Crippen LogP) is 1.95. The fourth-order valence-electron chi connectivity index (χ4n) is 1.59. The van der Waals surface area contributed by atoms with Gasteiger partial charge in [0.15, 0.2) is 0 Å². The predicted molar refractivity (Wildman–Crippen MR) is 76.6 cm³/mol. The Bertz CT molecular complexity index is 669. The smallest absolute Gasteiger partial charge is 0.148 e. The zero-order chi connectivity index (χ0) is 13.2. The number of nitrogens with zero attached hydrogens (tertiary/aromatic N) is 1. The number of nitrogen functional groups attached to an aromatic ring is 1. The van der Waals surface area contributed by atoms with Gasteiger partial charge in [0.1, 0.15) is 9.84 Å². The molecule has 4 nitrogen and oxygen atoms in total. The van der Waals surface area contributed by atoms with Gasteiger partial charge in [-0.15, -0.1) is 11.8 Å². The van der Waals surface area contributed by atoms with Gasteiger partial charge < -0.3 is 5.73 Å². The van der Waals surface area contributed by atoms with E-state index in [-0.39, 0.29) is 5.75 Å². The Morgan fingerprint density at radius 1 is 1.33 bits per heavy atom. The number of fused-ring (bicyclic) bond motifs is 1. The summed E-state index contributed by atoms with van der Waals surface area (Å²) in [7, 11) is -2.92. The Hall–Kier alpha value is -1.27. The molecule has 0 aliphatic heterocycles. The lowest BCUT2D eigenvalue weighted by molar-refractivity contribution is 0.603. The number of aromatic nitrogens is 1. The second-order valence-corrected chi connectivity index (χ2v) is 7.43. The van der Waals surface area contributed by atoms with Crippen LogP contribution < -0.4 is 5.73 Å². The third-order valence-corrected chi connectivity index (χ3v) is 4.73. The van der Waals surface area contributed by atoms with Gasteiger partial charge in [0.25, 0.3) is 0 Å². The molecule has 18 heavy (non-hydrogen) atoms. The summed E-state index contributed by atoms with van der Waals surface area (Å²) in [6, 6.07) is 7.46. The molecule has 0 amide bonds. The molecule has 0 bridgehead atoms. The molecule has 0 spiro atoms. The van der Waals surface area contributed by atoms with E-state index in [1.807, 2.05) is 24.3 Å². The third-order valence-electron chi connectivity index (χ3n) is 2.48. The first-order valence-corrected chi connectivity index (χ1v) is 8.46. The van der Waals surface area contributed by atoms with Gasteiger partial charge >= 0.3 is 0 Å². The van der Waals surface area contributed by atoms with Crippen molar-refractivity contribution < 1.29 is 8.42 Å². The molecule has 0 unspecified atom stereocenters. The molecule has 1 aromatic carbocycles. The van der Waals surface area contributed by atoms with Gasteiger partial charge in [0, 0.05) is 34.2 Å². The highest BCUT2D eigenvalue weighted by Crippen LogP contribution is 2.29. The molecule has 1 aromatic heterocycles. The number of rotatable bonds is 4. The Balaban J connectivity index is 2.26. The van der Waals surface area contributed by atoms with E-state index >= 15 is 0 Å². The van der Waals surface area contributed by atoms with Crippen LogP contribution in [0.3, 0.4) is 0 Å². The van der Waals surface area contributed by atoms with Gasteiger partial charge in [-0.25, -0.2) is 8.42 Å². The summed E-state index contributed by atoms with van der Waals surface area (Å²) in [6.07, 6.45) is 2.95. The zero-order valence-electron chi connectivity index (χ0n) is 9.96. The van der Waals surface area contributed by atoms with E-state index in [1.165, 1.54) is 18.0 Å². The van der Waals surface area contributed by atoms with Crippen LogP contribution in [0.25, 0.3) is 10.9 Å². The number of anilines is 1. The lowest BCUT2D eigenvalue weighted by atomic mass is 10.2. The highest BCUT2D eigenvalue weighted by molar-refractivity contribution is 8.00. The minimum atomic E-state index is -2.92. The summed E-state index contributed by atoms with van der Waals surface area (Å²) in [5.41, 5.74) is 7.39. The average Bonchev–Trinajstić information content (AvgIpc) is 2.31. The molecule has 0 aliphatic carbocycles. The molecule has 0 saturated heterocycles. The van der Waals surface area contributed by atoms with Crippen LogP contribution in [0.2, 0.25) is 0 Å². The highest BCUT2D eigenvalue weighted by atomic mass is 32.2. The maximum atomic E-state index is 11.1. The molecular formula is C12H14N2O2S2. The molecule has 2 aromatic rings. The van der Waals surface area contributed by atoms with Crippen molar-refractivity contribution in [2.24, 2.45) is 0 Å². The van der Waals surface area contributed by atoms with Crippen molar-refractivity contribution >= 4 is 38.2 Å². The second-order valence-electron chi connectivity index (χ2n) is 4.03. The maximum Gasteiger partial charge on any atom is 0.148 e. The highest BCUT2D eigenvalue weighted by Gasteiger charge is 2.07. The Morgan fingerprint density at radius 3 is 2.83 bits per heavy atom. The van der Waals surface area contributed by atoms with Crippen molar-refractivity contribution in [2.75, 3.05) is 23.5 Å². The van der Waals surface area contributed by atoms with Crippen molar-refractivity contribution in [2.45, 2.75) is 4.90 Å². The fraction of sp³-hybridized carbons (Fsp3) is 0.250. The third kappa shape index (κ3) is 3.14. The zero-order valence-corrected chi connectivity index (χ0v) is 11.6. The van der Waals surface area contributed by atoms with E-state index in [0.717, 1.165) is 15.8 Å². The standard InChI is InChI=1S/C12H14N2O2S2/c1-18(15,16)8-7-17-11-5-4-10(13)9-3-2-6-14-12(9)11/h2-6H,7-8,13H2,1H3. The normalized spacial score (nSPS) is 11.8. The van der Waals surface area contributed by atoms with E-state index in [1.54, 1.807) is 6.20 Å². The van der Waals surface area contributed by atoms with Crippen LogP contribution in [0.1, 0.15) is 0 Å². The van der Waals surface area contributed by atoms with Gasteiger partial charge in [-0.1, -0.05) is 0 Å². The maximum absolute atomic E-state index is 11.1. The van der Waals surface area contributed by atoms with Crippen molar-refractivity contribution in [3.63, 3.8) is 0 Å². The Labute approximate surface area is 111 Å². The van der Waals surface area contributed by atoms with Gasteiger partial charge in [-0.05, 0) is 24.3 Å². The number of benzene rings is 1. The summed E-state index contributed by atoms with van der Waals surface area (Å²) in [5, 5.41) is 0.904. The van der Waals surface area contributed by atoms with Crippen LogP contribution in [-0.4, -0.2) is 31.2 Å². The van der Waals surface area contributed by atoms with E-state index in [2.05, 4.69) is 4.98 Å². The Kier molecular flexibility index (Phi) is 3.77. The number of thioether (sulfide) groups is 1. The summed E-state index contributed by atoms with van der Waals surface area (Å²) >= 11 is 1.49. The summed E-state index contributed by atoms with van der Waals surface area (Å²) in [5.74, 6) is 0.685. The first-order chi connectivity index (χ1) is 8.47. The number of hydrogen-bond acceptors (Lipinski definition) is 5. The van der Waals surface area contributed by atoms with Gasteiger partial charge in [-0.2, -0.15) is 0 Å². The molecule has 2 rings (SSSR count). The van der Waals surface area contributed by atoms with E-state index < -0.39 is 9.84 Å². The van der Waals surface area contributed by atoms with Gasteiger partial charge in [0.05, 0.1) is 11.3 Å². The molecular weight excluding hydrogens is 268 g/mol. The van der Waals surface area contributed by atoms with E-state index in [0.29, 0.717) is 11.4 Å². The second kappa shape index (κ2) is 5.16. The molecule has 0 fully saturated rings. The van der Waals surface area contributed by atoms with Crippen LogP contribution >= 0.6 is 11.8 Å². The lowest BCUT2D eigenvalue weighted by Gasteiger charge is -2.07. The molecule has 0 radical (unpaired) electrons. The van der Waals surface area contributed by atoms with Crippen molar-refractivity contribution in [3.05, 3.63) is 30.5 Å². The summed E-state index contributed by atoms with van der Waals surface area (Å²) < 4.78 is 22.2. The monoisotopic (exact) mass is 282 g/mol. The molecule has 96 valence electrons. The molecule has 1 heterocycles. The number of sulfone groups is 1. The first-order valence-electron chi connectivity index (χ1n) is 5.41. The van der Waals surface area contributed by atoms with Crippen LogP contribution in [0.4, 0.5) is 5.69 Å². The summed E-state index contributed by atoms with van der Waals surface area (Å²) in [6.45, 7) is 0. The van der Waals surface area contributed by atoms with E-state index in [4.69, 9.17) is 5.73 Å². The van der Waals surface area contributed by atoms with Crippen LogP contribution in [0.5, 0.6) is 0 Å². The minimum Gasteiger partial charge on any atom is -0.398 e.